The number of hydrogen-bond acceptors (Lipinski definition) is 6. The lowest BCUT2D eigenvalue weighted by Crippen LogP contribution is -2.03. The van der Waals surface area contributed by atoms with Gasteiger partial charge in [0.15, 0.2) is 0 Å². The molecule has 0 saturated carbocycles. The lowest BCUT2D eigenvalue weighted by Gasteiger charge is -2.16. The summed E-state index contributed by atoms with van der Waals surface area (Å²) in [4.78, 5) is 8.70. The van der Waals surface area contributed by atoms with Gasteiger partial charge in [0.25, 0.3) is 0 Å². The van der Waals surface area contributed by atoms with Crippen LogP contribution >= 0.6 is 0 Å². The minimum Gasteiger partial charge on any atom is -0.507 e. The summed E-state index contributed by atoms with van der Waals surface area (Å²) < 4.78 is 10.9. The highest BCUT2D eigenvalue weighted by Crippen LogP contribution is 2.41. The first-order chi connectivity index (χ1) is 12.5. The first-order valence-corrected chi connectivity index (χ1v) is 8.28. The van der Waals surface area contributed by atoms with E-state index in [0.717, 1.165) is 11.1 Å². The van der Waals surface area contributed by atoms with Crippen LogP contribution in [0.1, 0.15) is 12.6 Å². The largest absolute Gasteiger partial charge is 0.507 e. The maximum atomic E-state index is 10.5. The number of nitrogens with zero attached hydrogens (tertiary/aromatic N) is 2. The molecule has 134 valence electrons. The summed E-state index contributed by atoms with van der Waals surface area (Å²) in [6, 6.07) is 12.7. The van der Waals surface area contributed by atoms with Crippen molar-refractivity contribution >= 4 is 5.95 Å². The summed E-state index contributed by atoms with van der Waals surface area (Å²) in [5, 5.41) is 10.5. The quantitative estimate of drug-likeness (QED) is 0.726. The summed E-state index contributed by atoms with van der Waals surface area (Å²) in [5.74, 6) is 1.48. The van der Waals surface area contributed by atoms with Crippen LogP contribution < -0.4 is 15.2 Å². The predicted octanol–water partition coefficient (Wildman–Crippen LogP) is 3.81. The van der Waals surface area contributed by atoms with Gasteiger partial charge in [0, 0.05) is 22.8 Å². The second-order valence-corrected chi connectivity index (χ2v) is 5.70. The molecule has 0 saturated heterocycles. The van der Waals surface area contributed by atoms with Crippen molar-refractivity contribution in [1.29, 1.82) is 0 Å². The Balaban J connectivity index is 2.26. The number of nitrogens with two attached hydrogens (primary N) is 1. The van der Waals surface area contributed by atoms with Gasteiger partial charge >= 0.3 is 0 Å². The zero-order chi connectivity index (χ0) is 18.7. The Bertz CT molecular complexity index is 942. The van der Waals surface area contributed by atoms with Crippen molar-refractivity contribution in [3.8, 4) is 39.6 Å². The minimum atomic E-state index is 0.0598. The molecule has 0 amide bonds. The molecule has 0 aliphatic heterocycles. The number of nitrogen functional groups attached to an aromatic ring is 1. The van der Waals surface area contributed by atoms with Crippen LogP contribution in [0, 0.1) is 6.92 Å². The molecule has 0 bridgehead atoms. The fourth-order valence-electron chi connectivity index (χ4n) is 2.93. The number of methoxy groups -OCH3 is 1. The van der Waals surface area contributed by atoms with Crippen LogP contribution in [0.25, 0.3) is 22.4 Å². The second-order valence-electron chi connectivity index (χ2n) is 5.70. The Morgan fingerprint density at radius 1 is 1.08 bits per heavy atom. The monoisotopic (exact) mass is 351 g/mol. The highest BCUT2D eigenvalue weighted by Gasteiger charge is 2.20. The van der Waals surface area contributed by atoms with Gasteiger partial charge in [0.2, 0.25) is 5.95 Å². The minimum absolute atomic E-state index is 0.0598. The third-order valence-electron chi connectivity index (χ3n) is 4.02. The Labute approximate surface area is 152 Å². The normalized spacial score (nSPS) is 10.6. The van der Waals surface area contributed by atoms with E-state index in [-0.39, 0.29) is 11.7 Å². The van der Waals surface area contributed by atoms with Crippen molar-refractivity contribution in [2.45, 2.75) is 13.8 Å². The maximum Gasteiger partial charge on any atom is 0.220 e. The number of aryl methyl sites for hydroxylation is 1. The molecule has 3 aromatic rings. The molecule has 0 fully saturated rings. The second kappa shape index (κ2) is 7.31. The molecule has 6 heteroatoms. The number of rotatable bonds is 5. The van der Waals surface area contributed by atoms with Gasteiger partial charge in [-0.25, -0.2) is 9.97 Å². The van der Waals surface area contributed by atoms with E-state index in [0.29, 0.717) is 35.1 Å². The van der Waals surface area contributed by atoms with Gasteiger partial charge in [-0.2, -0.15) is 0 Å². The third kappa shape index (κ3) is 3.26. The molecule has 0 aliphatic carbocycles. The lowest BCUT2D eigenvalue weighted by molar-refractivity contribution is 0.338. The van der Waals surface area contributed by atoms with E-state index < -0.39 is 0 Å². The van der Waals surface area contributed by atoms with Gasteiger partial charge in [0.1, 0.15) is 17.2 Å². The molecular weight excluding hydrogens is 330 g/mol. The van der Waals surface area contributed by atoms with Crippen LogP contribution in [0.5, 0.6) is 17.2 Å². The number of benzene rings is 2. The molecular formula is C20H21N3O3. The Kier molecular flexibility index (Phi) is 4.93. The Morgan fingerprint density at radius 3 is 2.54 bits per heavy atom. The molecule has 6 nitrogen and oxygen atoms in total. The van der Waals surface area contributed by atoms with E-state index in [9.17, 15) is 5.11 Å². The van der Waals surface area contributed by atoms with Gasteiger partial charge in [-0.05, 0) is 32.0 Å². The molecule has 1 heterocycles. The molecule has 2 aromatic carbocycles. The maximum absolute atomic E-state index is 10.5. The van der Waals surface area contributed by atoms with Crippen LogP contribution in [0.3, 0.4) is 0 Å². The van der Waals surface area contributed by atoms with Gasteiger partial charge in [-0.1, -0.05) is 18.2 Å². The number of phenols is 1. The zero-order valence-corrected chi connectivity index (χ0v) is 15.0. The summed E-state index contributed by atoms with van der Waals surface area (Å²) in [5.41, 5.74) is 9.26. The SMILES string of the molecule is CCOc1ccc(-c2nc(N)nc(C)c2-c2ccccc2OC)c(O)c1. The Hall–Kier alpha value is -3.28. The molecule has 0 unspecified atom stereocenters. The predicted molar refractivity (Wildman–Crippen MR) is 101 cm³/mol. The van der Waals surface area contributed by atoms with E-state index in [2.05, 4.69) is 9.97 Å². The van der Waals surface area contributed by atoms with Gasteiger partial charge in [-0.15, -0.1) is 0 Å². The molecule has 26 heavy (non-hydrogen) atoms. The van der Waals surface area contributed by atoms with Crippen LogP contribution in [0.4, 0.5) is 5.95 Å². The highest BCUT2D eigenvalue weighted by atomic mass is 16.5. The first kappa shape index (κ1) is 17.5. The van der Waals surface area contributed by atoms with E-state index >= 15 is 0 Å². The summed E-state index contributed by atoms with van der Waals surface area (Å²) in [6.45, 7) is 4.26. The molecule has 0 spiro atoms. The lowest BCUT2D eigenvalue weighted by atomic mass is 9.96. The van der Waals surface area contributed by atoms with Crippen molar-refractivity contribution in [3.05, 3.63) is 48.2 Å². The van der Waals surface area contributed by atoms with Crippen molar-refractivity contribution in [3.63, 3.8) is 0 Å². The third-order valence-corrected chi connectivity index (χ3v) is 4.02. The molecule has 3 rings (SSSR count). The van der Waals surface area contributed by atoms with Crippen LogP contribution in [0.15, 0.2) is 42.5 Å². The van der Waals surface area contributed by atoms with E-state index in [1.807, 2.05) is 38.1 Å². The molecule has 0 atom stereocenters. The van der Waals surface area contributed by atoms with E-state index in [4.69, 9.17) is 15.2 Å². The van der Waals surface area contributed by atoms with E-state index in [1.54, 1.807) is 25.3 Å². The molecule has 1 aromatic heterocycles. The van der Waals surface area contributed by atoms with Crippen LogP contribution in [0.2, 0.25) is 0 Å². The van der Waals surface area contributed by atoms with E-state index in [1.165, 1.54) is 0 Å². The number of aromatic hydroxyl groups is 1. The summed E-state index contributed by atoms with van der Waals surface area (Å²) >= 11 is 0. The van der Waals surface area contributed by atoms with Crippen LogP contribution in [-0.4, -0.2) is 28.8 Å². The van der Waals surface area contributed by atoms with Gasteiger partial charge < -0.3 is 20.3 Å². The average Bonchev–Trinajstić information content (AvgIpc) is 2.61. The zero-order valence-electron chi connectivity index (χ0n) is 15.0. The summed E-state index contributed by atoms with van der Waals surface area (Å²) in [6.07, 6.45) is 0. The standard InChI is InChI=1S/C20H21N3O3/c1-4-26-13-9-10-14(16(24)11-13)19-18(12(2)22-20(21)23-19)15-7-5-6-8-17(15)25-3/h5-11,24H,4H2,1-3H3,(H2,21,22,23). The van der Waals surface area contributed by atoms with Crippen molar-refractivity contribution < 1.29 is 14.6 Å². The number of para-hydroxylation sites is 1. The fraction of sp³-hybridized carbons (Fsp3) is 0.200. The number of aromatic nitrogens is 2. The van der Waals surface area contributed by atoms with Crippen molar-refractivity contribution in [2.75, 3.05) is 19.5 Å². The van der Waals surface area contributed by atoms with Crippen molar-refractivity contribution in [1.82, 2.24) is 9.97 Å². The molecule has 3 N–H and O–H groups in total. The summed E-state index contributed by atoms with van der Waals surface area (Å²) in [7, 11) is 1.61. The Morgan fingerprint density at radius 2 is 1.85 bits per heavy atom. The average molecular weight is 351 g/mol. The van der Waals surface area contributed by atoms with Crippen LogP contribution in [-0.2, 0) is 0 Å². The highest BCUT2D eigenvalue weighted by molar-refractivity contribution is 5.87. The smallest absolute Gasteiger partial charge is 0.220 e. The first-order valence-electron chi connectivity index (χ1n) is 8.28. The number of ether oxygens (including phenoxy) is 2. The van der Waals surface area contributed by atoms with Crippen molar-refractivity contribution in [2.24, 2.45) is 0 Å². The van der Waals surface area contributed by atoms with Gasteiger partial charge in [-0.3, -0.25) is 0 Å². The fourth-order valence-corrected chi connectivity index (χ4v) is 2.93. The number of hydrogen-bond donors (Lipinski definition) is 2. The number of anilines is 1. The molecule has 0 radical (unpaired) electrons. The number of phenolic OH excluding ortho intramolecular Hbond substituents is 1. The topological polar surface area (TPSA) is 90.5 Å². The molecule has 0 aliphatic rings. The van der Waals surface area contributed by atoms with Gasteiger partial charge in [0.05, 0.1) is 25.1 Å².